The number of hydrogen-bond donors (Lipinski definition) is 0. The maximum absolute atomic E-state index is 5.88. The van der Waals surface area contributed by atoms with Crippen LogP contribution in [0.2, 0.25) is 0 Å². The highest BCUT2D eigenvalue weighted by Crippen LogP contribution is 2.52. The molecule has 5 heteroatoms. The van der Waals surface area contributed by atoms with Crippen LogP contribution in [0.3, 0.4) is 0 Å². The van der Waals surface area contributed by atoms with E-state index in [0.717, 1.165) is 0 Å². The van der Waals surface area contributed by atoms with Crippen LogP contribution in [0.15, 0.2) is 0 Å². The van der Waals surface area contributed by atoms with Crippen LogP contribution in [-0.4, -0.2) is 56.9 Å². The zero-order chi connectivity index (χ0) is 10.3. The smallest absolute Gasteiger partial charge is 0.129 e. The van der Waals surface area contributed by atoms with Gasteiger partial charge in [-0.3, -0.25) is 0 Å². The minimum Gasteiger partial charge on any atom is -0.382 e. The quantitative estimate of drug-likeness (QED) is 0.636. The van der Waals surface area contributed by atoms with E-state index in [9.17, 15) is 0 Å². The number of ether oxygens (including phenoxy) is 3. The Bertz CT molecular complexity index is 228. The van der Waals surface area contributed by atoms with E-state index in [4.69, 9.17) is 22.1 Å². The van der Waals surface area contributed by atoms with Crippen molar-refractivity contribution < 1.29 is 14.2 Å². The van der Waals surface area contributed by atoms with Gasteiger partial charge in [0.15, 0.2) is 0 Å². The average molecular weight is 214 g/mol. The molecule has 14 heavy (non-hydrogen) atoms. The molecule has 5 atom stereocenters. The molecule has 2 aliphatic heterocycles. The lowest BCUT2D eigenvalue weighted by molar-refractivity contribution is -0.111. The van der Waals surface area contributed by atoms with Gasteiger partial charge in [-0.2, -0.15) is 0 Å². The van der Waals surface area contributed by atoms with Crippen LogP contribution in [0.25, 0.3) is 0 Å². The summed E-state index contributed by atoms with van der Waals surface area (Å²) in [6.45, 7) is 2.69. The van der Waals surface area contributed by atoms with E-state index < -0.39 is 0 Å². The van der Waals surface area contributed by atoms with Crippen molar-refractivity contribution in [3.05, 3.63) is 0 Å². The highest BCUT2D eigenvalue weighted by atomic mass is 32.2. The number of rotatable bonds is 3. The lowest BCUT2D eigenvalue weighted by Gasteiger charge is -2.35. The SMILES string of the molecule is [B][C@@H]1O[C@@]2(COC)C(C)SC1[C@H]2OC. The molecular weight excluding hydrogens is 199 g/mol. The molecule has 0 spiro atoms. The fraction of sp³-hybridized carbons (Fsp3) is 1.00. The third kappa shape index (κ3) is 1.26. The Labute approximate surface area is 90.3 Å². The number of fused-ring (bicyclic) bond motifs is 2. The molecule has 78 valence electrons. The van der Waals surface area contributed by atoms with E-state index in [-0.39, 0.29) is 23.0 Å². The molecule has 0 saturated carbocycles. The van der Waals surface area contributed by atoms with Gasteiger partial charge in [0.1, 0.15) is 19.6 Å². The molecule has 2 radical (unpaired) electrons. The first-order valence-electron chi connectivity index (χ1n) is 4.76. The fourth-order valence-corrected chi connectivity index (χ4v) is 4.11. The Morgan fingerprint density at radius 3 is 2.79 bits per heavy atom. The summed E-state index contributed by atoms with van der Waals surface area (Å²) < 4.78 is 16.5. The monoisotopic (exact) mass is 214 g/mol. The van der Waals surface area contributed by atoms with Crippen molar-refractivity contribution in [1.29, 1.82) is 0 Å². The predicted molar refractivity (Wildman–Crippen MR) is 56.9 cm³/mol. The third-order valence-corrected chi connectivity index (χ3v) is 4.77. The van der Waals surface area contributed by atoms with Gasteiger partial charge in [-0.15, -0.1) is 11.8 Å². The summed E-state index contributed by atoms with van der Waals surface area (Å²) in [4.78, 5) is 0. The average Bonchev–Trinajstić information content (AvgIpc) is 2.54. The van der Waals surface area contributed by atoms with Gasteiger partial charge in [-0.1, -0.05) is 6.92 Å². The van der Waals surface area contributed by atoms with Crippen molar-refractivity contribution in [3.8, 4) is 0 Å². The van der Waals surface area contributed by atoms with Gasteiger partial charge in [0.2, 0.25) is 0 Å². The van der Waals surface area contributed by atoms with E-state index >= 15 is 0 Å². The Balaban J connectivity index is 2.25. The largest absolute Gasteiger partial charge is 0.382 e. The van der Waals surface area contributed by atoms with Crippen molar-refractivity contribution >= 4 is 19.6 Å². The second-order valence-electron chi connectivity index (χ2n) is 3.87. The molecule has 0 aromatic carbocycles. The Hall–Kier alpha value is 0.295. The maximum atomic E-state index is 5.88. The molecule has 2 heterocycles. The van der Waals surface area contributed by atoms with Crippen LogP contribution in [-0.2, 0) is 14.2 Å². The topological polar surface area (TPSA) is 27.7 Å². The zero-order valence-corrected chi connectivity index (χ0v) is 9.54. The molecule has 2 rings (SSSR count). The van der Waals surface area contributed by atoms with Gasteiger partial charge in [-0.05, 0) is 0 Å². The summed E-state index contributed by atoms with van der Waals surface area (Å²) in [5, 5.41) is 0.613. The van der Waals surface area contributed by atoms with Crippen molar-refractivity contribution in [3.63, 3.8) is 0 Å². The van der Waals surface area contributed by atoms with Crippen LogP contribution < -0.4 is 0 Å². The van der Waals surface area contributed by atoms with Gasteiger partial charge in [0.25, 0.3) is 0 Å². The highest BCUT2D eigenvalue weighted by molar-refractivity contribution is 8.01. The molecular formula is C9H15BO3S. The highest BCUT2D eigenvalue weighted by Gasteiger charge is 2.63. The molecule has 2 fully saturated rings. The summed E-state index contributed by atoms with van der Waals surface area (Å²) in [5.74, 6) is 0. The van der Waals surface area contributed by atoms with E-state index in [0.29, 0.717) is 11.9 Å². The first-order chi connectivity index (χ1) is 6.65. The molecule has 0 amide bonds. The van der Waals surface area contributed by atoms with Crippen molar-refractivity contribution in [1.82, 2.24) is 0 Å². The molecule has 0 aromatic heterocycles. The lowest BCUT2D eigenvalue weighted by Crippen LogP contribution is -2.49. The van der Waals surface area contributed by atoms with Crippen molar-refractivity contribution in [2.75, 3.05) is 20.8 Å². The van der Waals surface area contributed by atoms with E-state index in [1.807, 2.05) is 11.8 Å². The zero-order valence-electron chi connectivity index (χ0n) is 8.73. The summed E-state index contributed by atoms with van der Waals surface area (Å²) in [7, 11) is 9.28. The summed E-state index contributed by atoms with van der Waals surface area (Å²) in [6, 6.07) is -0.226. The molecule has 0 N–H and O–H groups in total. The van der Waals surface area contributed by atoms with E-state index in [1.165, 1.54) is 0 Å². The van der Waals surface area contributed by atoms with E-state index in [1.54, 1.807) is 14.2 Å². The minimum absolute atomic E-state index is 0.0532. The minimum atomic E-state index is -0.349. The van der Waals surface area contributed by atoms with Crippen molar-refractivity contribution in [2.45, 2.75) is 35.1 Å². The van der Waals surface area contributed by atoms with Crippen LogP contribution >= 0.6 is 11.8 Å². The van der Waals surface area contributed by atoms with Gasteiger partial charge >= 0.3 is 0 Å². The summed E-state index contributed by atoms with van der Waals surface area (Å²) >= 11 is 1.84. The first-order valence-corrected chi connectivity index (χ1v) is 5.70. The van der Waals surface area contributed by atoms with Crippen molar-refractivity contribution in [2.24, 2.45) is 0 Å². The normalized spacial score (nSPS) is 51.4. The summed E-state index contributed by atoms with van der Waals surface area (Å²) in [6.07, 6.45) is 0.0532. The van der Waals surface area contributed by atoms with Gasteiger partial charge in [-0.25, -0.2) is 0 Å². The number of hydrogen-bond acceptors (Lipinski definition) is 4. The molecule has 2 aliphatic rings. The molecule has 0 aliphatic carbocycles. The van der Waals surface area contributed by atoms with Gasteiger partial charge in [0.05, 0.1) is 11.9 Å². The number of methoxy groups -OCH3 is 2. The summed E-state index contributed by atoms with van der Waals surface area (Å²) in [5.41, 5.74) is -0.349. The predicted octanol–water partition coefficient (Wildman–Crippen LogP) is 0.415. The molecule has 3 nitrogen and oxygen atoms in total. The first kappa shape index (κ1) is 10.8. The van der Waals surface area contributed by atoms with Crippen LogP contribution in [0, 0.1) is 0 Å². The standard InChI is InChI=1S/C9H15BO3S/c1-5-9(4-11-2)7(12-3)6(14-5)8(10)13-9/h5-8H,4H2,1-3H3/t5?,6?,7-,8-,9+/m1/s1. The van der Waals surface area contributed by atoms with Crippen LogP contribution in [0.1, 0.15) is 6.92 Å². The van der Waals surface area contributed by atoms with Crippen LogP contribution in [0.5, 0.6) is 0 Å². The molecule has 0 aromatic rings. The molecule has 2 saturated heterocycles. The Morgan fingerprint density at radius 1 is 1.50 bits per heavy atom. The molecule has 2 bridgehead atoms. The Morgan fingerprint density at radius 2 is 2.21 bits per heavy atom. The fourth-order valence-electron chi connectivity index (χ4n) is 2.46. The number of thioether (sulfide) groups is 1. The van der Waals surface area contributed by atoms with Gasteiger partial charge in [0, 0.05) is 25.5 Å². The maximum Gasteiger partial charge on any atom is 0.129 e. The second-order valence-corrected chi connectivity index (χ2v) is 5.39. The van der Waals surface area contributed by atoms with Crippen LogP contribution in [0.4, 0.5) is 0 Å². The molecule has 2 unspecified atom stereocenters. The third-order valence-electron chi connectivity index (χ3n) is 3.13. The lowest BCUT2D eigenvalue weighted by atomic mass is 9.90. The Kier molecular flexibility index (Phi) is 2.86. The second kappa shape index (κ2) is 3.70. The van der Waals surface area contributed by atoms with E-state index in [2.05, 4.69) is 6.92 Å². The van der Waals surface area contributed by atoms with Gasteiger partial charge < -0.3 is 14.2 Å².